The Hall–Kier alpha value is -2.34. The molecular weight excluding hydrogens is 352 g/mol. The predicted octanol–water partition coefficient (Wildman–Crippen LogP) is 2.80. The van der Waals surface area contributed by atoms with Gasteiger partial charge in [-0.2, -0.15) is 5.10 Å². The van der Waals surface area contributed by atoms with Crippen LogP contribution in [0.3, 0.4) is 0 Å². The van der Waals surface area contributed by atoms with E-state index in [1.54, 1.807) is 15.8 Å². The molecule has 0 spiro atoms. The zero-order valence-electron chi connectivity index (χ0n) is 14.8. The van der Waals surface area contributed by atoms with E-state index in [1.165, 1.54) is 0 Å². The minimum absolute atomic E-state index is 0.0717. The van der Waals surface area contributed by atoms with E-state index in [-0.39, 0.29) is 11.8 Å². The Morgan fingerprint density at radius 1 is 1.35 bits per heavy atom. The second-order valence-corrected chi connectivity index (χ2v) is 6.76. The lowest BCUT2D eigenvalue weighted by Gasteiger charge is -2.32. The fourth-order valence-corrected chi connectivity index (χ4v) is 3.48. The normalized spacial score (nSPS) is 17.4. The van der Waals surface area contributed by atoms with Crippen molar-refractivity contribution in [3.05, 3.63) is 47.1 Å². The molecule has 2 aromatic rings. The summed E-state index contributed by atoms with van der Waals surface area (Å²) in [6, 6.07) is 8.84. The van der Waals surface area contributed by atoms with Gasteiger partial charge in [-0.15, -0.1) is 0 Å². The minimum atomic E-state index is -0.484. The third-order valence-electron chi connectivity index (χ3n) is 4.62. The maximum atomic E-state index is 12.8. The first-order valence-electron chi connectivity index (χ1n) is 8.96. The molecule has 6 nitrogen and oxygen atoms in total. The number of halogens is 1. The molecule has 1 saturated heterocycles. The number of anilines is 1. The molecule has 0 radical (unpaired) electrons. The van der Waals surface area contributed by atoms with Gasteiger partial charge in [0.05, 0.1) is 6.20 Å². The zero-order valence-corrected chi connectivity index (χ0v) is 15.6. The maximum absolute atomic E-state index is 12.8. The van der Waals surface area contributed by atoms with E-state index in [1.807, 2.05) is 37.3 Å². The van der Waals surface area contributed by atoms with Crippen molar-refractivity contribution in [1.82, 2.24) is 15.1 Å². The summed E-state index contributed by atoms with van der Waals surface area (Å²) in [6.07, 6.45) is 4.06. The Kier molecular flexibility index (Phi) is 5.93. The van der Waals surface area contributed by atoms with Gasteiger partial charge in [-0.25, -0.2) is 4.68 Å². The number of piperidine rings is 1. The molecule has 7 heteroatoms. The Morgan fingerprint density at radius 2 is 2.15 bits per heavy atom. The van der Waals surface area contributed by atoms with E-state index < -0.39 is 6.04 Å². The second kappa shape index (κ2) is 8.36. The molecule has 26 heavy (non-hydrogen) atoms. The van der Waals surface area contributed by atoms with Gasteiger partial charge in [-0.3, -0.25) is 14.5 Å². The predicted molar refractivity (Wildman–Crippen MR) is 101 cm³/mol. The molecule has 1 aromatic heterocycles. The van der Waals surface area contributed by atoms with Crippen LogP contribution in [0.1, 0.15) is 31.7 Å². The summed E-state index contributed by atoms with van der Waals surface area (Å²) in [5, 5.41) is 7.77. The first-order chi connectivity index (χ1) is 12.6. The van der Waals surface area contributed by atoms with Crippen molar-refractivity contribution in [2.75, 3.05) is 11.4 Å². The van der Waals surface area contributed by atoms with Crippen molar-refractivity contribution in [3.8, 4) is 0 Å². The van der Waals surface area contributed by atoms with Gasteiger partial charge in [0.25, 0.3) is 5.91 Å². The summed E-state index contributed by atoms with van der Waals surface area (Å²) in [5.41, 5.74) is 0.938. The average molecular weight is 375 g/mol. The van der Waals surface area contributed by atoms with Gasteiger partial charge in [-0.05, 0) is 37.8 Å². The van der Waals surface area contributed by atoms with E-state index in [2.05, 4.69) is 10.4 Å². The number of aromatic nitrogens is 2. The van der Waals surface area contributed by atoms with Crippen LogP contribution in [-0.4, -0.2) is 34.2 Å². The third-order valence-corrected chi connectivity index (χ3v) is 4.99. The fourth-order valence-electron chi connectivity index (χ4n) is 3.25. The number of carbonyl (C=O) groups excluding carboxylic acids is 2. The van der Waals surface area contributed by atoms with Gasteiger partial charge >= 0.3 is 0 Å². The number of hydrogen-bond donors (Lipinski definition) is 1. The van der Waals surface area contributed by atoms with Crippen LogP contribution in [0.25, 0.3) is 0 Å². The zero-order chi connectivity index (χ0) is 18.5. The molecule has 138 valence electrons. The molecule has 2 heterocycles. The first-order valence-corrected chi connectivity index (χ1v) is 9.34. The standard InChI is InChI=1S/C19H23ClN4O2/c1-2-24-18(11-12-21-24)23-13-5-8-16(19(23)26)22-17(25)10-9-14-6-3-4-7-15(14)20/h3-4,6-7,11-12,16H,2,5,8-10,13H2,1H3,(H,22,25)/t16-/m0/s1. The van der Waals surface area contributed by atoms with Gasteiger partial charge in [0.2, 0.25) is 5.91 Å². The molecule has 1 aromatic carbocycles. The summed E-state index contributed by atoms with van der Waals surface area (Å²) in [4.78, 5) is 26.8. The van der Waals surface area contributed by atoms with Crippen molar-refractivity contribution < 1.29 is 9.59 Å². The average Bonchev–Trinajstić information content (AvgIpc) is 3.11. The molecular formula is C19H23ClN4O2. The molecule has 1 aliphatic heterocycles. The molecule has 0 unspecified atom stereocenters. The van der Waals surface area contributed by atoms with Gasteiger partial charge in [0.1, 0.15) is 11.9 Å². The van der Waals surface area contributed by atoms with Crippen LogP contribution in [0.15, 0.2) is 36.5 Å². The summed E-state index contributed by atoms with van der Waals surface area (Å²) in [6.45, 7) is 3.33. The van der Waals surface area contributed by atoms with Gasteiger partial charge in [-0.1, -0.05) is 29.8 Å². The molecule has 0 bridgehead atoms. The lowest BCUT2D eigenvalue weighted by molar-refractivity contribution is -0.128. The number of rotatable bonds is 6. The molecule has 1 aliphatic rings. The molecule has 1 atom stereocenters. The van der Waals surface area contributed by atoms with Crippen LogP contribution in [0.2, 0.25) is 5.02 Å². The lowest BCUT2D eigenvalue weighted by atomic mass is 10.0. The smallest absolute Gasteiger partial charge is 0.250 e. The van der Waals surface area contributed by atoms with E-state index in [9.17, 15) is 9.59 Å². The van der Waals surface area contributed by atoms with Crippen LogP contribution in [-0.2, 0) is 22.6 Å². The summed E-state index contributed by atoms with van der Waals surface area (Å²) >= 11 is 6.13. The number of nitrogens with zero attached hydrogens (tertiary/aromatic N) is 3. The number of benzene rings is 1. The van der Waals surface area contributed by atoms with Crippen LogP contribution in [0.5, 0.6) is 0 Å². The highest BCUT2D eigenvalue weighted by atomic mass is 35.5. The van der Waals surface area contributed by atoms with Crippen molar-refractivity contribution in [1.29, 1.82) is 0 Å². The van der Waals surface area contributed by atoms with Crippen molar-refractivity contribution in [2.45, 2.75) is 45.2 Å². The molecule has 1 N–H and O–H groups in total. The topological polar surface area (TPSA) is 67.2 Å². The van der Waals surface area contributed by atoms with E-state index in [0.717, 1.165) is 17.8 Å². The van der Waals surface area contributed by atoms with Gasteiger partial charge < -0.3 is 5.32 Å². The molecule has 0 saturated carbocycles. The summed E-state index contributed by atoms with van der Waals surface area (Å²) < 4.78 is 1.79. The van der Waals surface area contributed by atoms with Crippen LogP contribution >= 0.6 is 11.6 Å². The van der Waals surface area contributed by atoms with Crippen molar-refractivity contribution in [2.24, 2.45) is 0 Å². The highest BCUT2D eigenvalue weighted by Gasteiger charge is 2.32. The molecule has 0 aliphatic carbocycles. The Bertz CT molecular complexity index is 789. The minimum Gasteiger partial charge on any atom is -0.344 e. The monoisotopic (exact) mass is 374 g/mol. The number of hydrogen-bond acceptors (Lipinski definition) is 3. The maximum Gasteiger partial charge on any atom is 0.250 e. The molecule has 3 rings (SSSR count). The SMILES string of the molecule is CCn1nccc1N1CCC[C@H](NC(=O)CCc2ccccc2Cl)C1=O. The molecule has 2 amide bonds. The van der Waals surface area contributed by atoms with Crippen LogP contribution in [0, 0.1) is 0 Å². The fraction of sp³-hybridized carbons (Fsp3) is 0.421. The van der Waals surface area contributed by atoms with Gasteiger partial charge in [0.15, 0.2) is 0 Å². The van der Waals surface area contributed by atoms with Crippen LogP contribution in [0.4, 0.5) is 5.82 Å². The first kappa shape index (κ1) is 18.5. The Labute approximate surface area is 158 Å². The van der Waals surface area contributed by atoms with Crippen molar-refractivity contribution in [3.63, 3.8) is 0 Å². The van der Waals surface area contributed by atoms with Crippen LogP contribution < -0.4 is 10.2 Å². The Morgan fingerprint density at radius 3 is 2.92 bits per heavy atom. The number of nitrogens with one attached hydrogen (secondary N) is 1. The van der Waals surface area contributed by atoms with Crippen molar-refractivity contribution >= 4 is 29.2 Å². The quantitative estimate of drug-likeness (QED) is 0.845. The number of aryl methyl sites for hydroxylation is 2. The van der Waals surface area contributed by atoms with Gasteiger partial charge in [0, 0.05) is 30.6 Å². The summed E-state index contributed by atoms with van der Waals surface area (Å²) in [7, 11) is 0. The van der Waals surface area contributed by atoms with E-state index >= 15 is 0 Å². The number of carbonyl (C=O) groups is 2. The molecule has 1 fully saturated rings. The number of amides is 2. The summed E-state index contributed by atoms with van der Waals surface area (Å²) in [5.74, 6) is 0.583. The highest BCUT2D eigenvalue weighted by molar-refractivity contribution is 6.31. The lowest BCUT2D eigenvalue weighted by Crippen LogP contribution is -2.53. The third kappa shape index (κ3) is 4.07. The van der Waals surface area contributed by atoms with E-state index in [4.69, 9.17) is 11.6 Å². The largest absolute Gasteiger partial charge is 0.344 e. The van der Waals surface area contributed by atoms with E-state index in [0.29, 0.717) is 37.4 Å². The second-order valence-electron chi connectivity index (χ2n) is 6.35. The highest BCUT2D eigenvalue weighted by Crippen LogP contribution is 2.21. The Balaban J connectivity index is 1.59.